The van der Waals surface area contributed by atoms with Crippen LogP contribution in [0.15, 0.2) is 12.2 Å². The number of carbonyl (C=O) groups excluding carboxylic acids is 1. The van der Waals surface area contributed by atoms with Crippen molar-refractivity contribution in [3.05, 3.63) is 12.2 Å². The van der Waals surface area contributed by atoms with Crippen molar-refractivity contribution in [3.63, 3.8) is 0 Å². The summed E-state index contributed by atoms with van der Waals surface area (Å²) < 4.78 is 0. The molecule has 1 amide bonds. The van der Waals surface area contributed by atoms with E-state index in [-0.39, 0.29) is 16.9 Å². The molecule has 1 heterocycles. The number of nitrogens with zero attached hydrogens (tertiary/aromatic N) is 1. The van der Waals surface area contributed by atoms with E-state index in [0.29, 0.717) is 12.5 Å². The van der Waals surface area contributed by atoms with E-state index in [1.54, 1.807) is 0 Å². The molecule has 0 unspecified atom stereocenters. The first kappa shape index (κ1) is 14.1. The van der Waals surface area contributed by atoms with Gasteiger partial charge in [-0.3, -0.25) is 9.69 Å². The van der Waals surface area contributed by atoms with E-state index < -0.39 is 0 Å². The highest BCUT2D eigenvalue weighted by atomic mass is 16.2. The Hall–Kier alpha value is -0.830. The van der Waals surface area contributed by atoms with Crippen LogP contribution in [0.3, 0.4) is 0 Å². The predicted molar refractivity (Wildman–Crippen MR) is 81.4 cm³/mol. The number of hydrogen-bond donors (Lipinski definition) is 1. The van der Waals surface area contributed by atoms with Crippen LogP contribution in [0.1, 0.15) is 46.5 Å². The normalized spacial score (nSPS) is 39.1. The number of amides is 1. The molecule has 3 rings (SSSR count). The highest BCUT2D eigenvalue weighted by Crippen LogP contribution is 2.61. The van der Waals surface area contributed by atoms with Crippen molar-refractivity contribution in [2.45, 2.75) is 52.0 Å². The molecule has 0 aromatic carbocycles. The zero-order chi connectivity index (χ0) is 14.4. The summed E-state index contributed by atoms with van der Waals surface area (Å²) in [6.45, 7) is 9.45. The standard InChI is InChI=1S/C17H28N2O/c1-16(2)13-7-8-14(11-13)17(16,3)18-15(20)12-19-9-5-4-6-10-19/h4-5,13-14H,6-12H2,1-3H3,(H,18,20)/t13-,14+,17+/m0/s1. The number of nitrogens with one attached hydrogen (secondary N) is 1. The summed E-state index contributed by atoms with van der Waals surface area (Å²) in [6, 6.07) is 0. The van der Waals surface area contributed by atoms with E-state index in [2.05, 4.69) is 43.1 Å². The zero-order valence-electron chi connectivity index (χ0n) is 13.1. The van der Waals surface area contributed by atoms with Gasteiger partial charge >= 0.3 is 0 Å². The van der Waals surface area contributed by atoms with Crippen molar-refractivity contribution >= 4 is 5.91 Å². The molecule has 0 saturated heterocycles. The third-order valence-electron chi connectivity index (χ3n) is 6.52. The van der Waals surface area contributed by atoms with Gasteiger partial charge in [0, 0.05) is 18.6 Å². The first-order chi connectivity index (χ1) is 9.43. The summed E-state index contributed by atoms with van der Waals surface area (Å²) in [5, 5.41) is 3.42. The Morgan fingerprint density at radius 3 is 2.60 bits per heavy atom. The minimum Gasteiger partial charge on any atom is -0.349 e. The summed E-state index contributed by atoms with van der Waals surface area (Å²) in [5.41, 5.74) is 0.214. The van der Waals surface area contributed by atoms with Gasteiger partial charge in [0.1, 0.15) is 0 Å². The molecule has 1 N–H and O–H groups in total. The highest BCUT2D eigenvalue weighted by molar-refractivity contribution is 5.79. The van der Waals surface area contributed by atoms with Crippen LogP contribution in [0.4, 0.5) is 0 Å². The molecule has 2 fully saturated rings. The van der Waals surface area contributed by atoms with Crippen LogP contribution < -0.4 is 5.32 Å². The lowest BCUT2D eigenvalue weighted by Crippen LogP contribution is -2.60. The Morgan fingerprint density at radius 1 is 1.25 bits per heavy atom. The topological polar surface area (TPSA) is 32.3 Å². The van der Waals surface area contributed by atoms with Gasteiger partial charge in [-0.15, -0.1) is 0 Å². The maximum absolute atomic E-state index is 12.5. The van der Waals surface area contributed by atoms with Crippen LogP contribution in [-0.2, 0) is 4.79 Å². The molecule has 0 aromatic rings. The summed E-state index contributed by atoms with van der Waals surface area (Å²) in [7, 11) is 0. The average Bonchev–Trinajstić information content (AvgIpc) is 2.94. The van der Waals surface area contributed by atoms with E-state index in [1.807, 2.05) is 0 Å². The van der Waals surface area contributed by atoms with E-state index in [4.69, 9.17) is 0 Å². The van der Waals surface area contributed by atoms with Crippen molar-refractivity contribution in [1.29, 1.82) is 0 Å². The molecule has 0 radical (unpaired) electrons. The molecule has 2 saturated carbocycles. The molecule has 20 heavy (non-hydrogen) atoms. The van der Waals surface area contributed by atoms with Crippen LogP contribution >= 0.6 is 0 Å². The molecule has 3 nitrogen and oxygen atoms in total. The second-order valence-electron chi connectivity index (χ2n) is 7.67. The molecular weight excluding hydrogens is 248 g/mol. The molecule has 0 aromatic heterocycles. The number of rotatable bonds is 3. The van der Waals surface area contributed by atoms with Gasteiger partial charge < -0.3 is 5.32 Å². The number of carbonyl (C=O) groups is 1. The lowest BCUT2D eigenvalue weighted by Gasteiger charge is -2.48. The van der Waals surface area contributed by atoms with Gasteiger partial charge in [0.25, 0.3) is 0 Å². The maximum Gasteiger partial charge on any atom is 0.234 e. The van der Waals surface area contributed by atoms with Crippen LogP contribution in [0.25, 0.3) is 0 Å². The number of hydrogen-bond acceptors (Lipinski definition) is 2. The smallest absolute Gasteiger partial charge is 0.234 e. The van der Waals surface area contributed by atoms with Gasteiger partial charge in [-0.2, -0.15) is 0 Å². The van der Waals surface area contributed by atoms with Crippen molar-refractivity contribution in [1.82, 2.24) is 10.2 Å². The molecule has 2 bridgehead atoms. The fraction of sp³-hybridized carbons (Fsp3) is 0.824. The summed E-state index contributed by atoms with van der Waals surface area (Å²) in [6.07, 6.45) is 9.38. The predicted octanol–water partition coefficient (Wildman–Crippen LogP) is 2.58. The molecular formula is C17H28N2O. The molecule has 3 aliphatic rings. The van der Waals surface area contributed by atoms with Crippen molar-refractivity contribution in [3.8, 4) is 0 Å². The average molecular weight is 276 g/mol. The van der Waals surface area contributed by atoms with Gasteiger partial charge in [0.05, 0.1) is 6.54 Å². The van der Waals surface area contributed by atoms with Crippen LogP contribution in [-0.4, -0.2) is 36.0 Å². The van der Waals surface area contributed by atoms with E-state index in [1.165, 1.54) is 19.3 Å². The Kier molecular flexibility index (Phi) is 3.44. The molecule has 112 valence electrons. The third kappa shape index (κ3) is 2.11. The van der Waals surface area contributed by atoms with E-state index in [0.717, 1.165) is 25.4 Å². The lowest BCUT2D eigenvalue weighted by molar-refractivity contribution is -0.126. The molecule has 3 atom stereocenters. The summed E-state index contributed by atoms with van der Waals surface area (Å²) in [5.74, 6) is 1.67. The molecule has 3 heteroatoms. The van der Waals surface area contributed by atoms with Gasteiger partial charge in [-0.05, 0) is 49.9 Å². The fourth-order valence-electron chi connectivity index (χ4n) is 4.74. The second kappa shape index (κ2) is 4.87. The van der Waals surface area contributed by atoms with Gasteiger partial charge in [-0.1, -0.05) is 26.0 Å². The summed E-state index contributed by atoms with van der Waals surface area (Å²) in [4.78, 5) is 14.7. The Labute approximate surface area is 122 Å². The SMILES string of the molecule is CC1(C)[C@H]2CC[C@H](C2)[C@@]1(C)NC(=O)CN1CC=CCC1. The second-order valence-corrected chi connectivity index (χ2v) is 7.67. The van der Waals surface area contributed by atoms with Crippen molar-refractivity contribution < 1.29 is 4.79 Å². The monoisotopic (exact) mass is 276 g/mol. The van der Waals surface area contributed by atoms with Gasteiger partial charge in [0.2, 0.25) is 5.91 Å². The molecule has 2 aliphatic carbocycles. The van der Waals surface area contributed by atoms with E-state index in [9.17, 15) is 4.79 Å². The molecule has 0 spiro atoms. The molecule has 1 aliphatic heterocycles. The fourth-order valence-corrected chi connectivity index (χ4v) is 4.74. The Bertz CT molecular complexity index is 429. The first-order valence-electron chi connectivity index (χ1n) is 8.12. The quantitative estimate of drug-likeness (QED) is 0.804. The highest BCUT2D eigenvalue weighted by Gasteiger charge is 2.60. The van der Waals surface area contributed by atoms with E-state index >= 15 is 0 Å². The zero-order valence-corrected chi connectivity index (χ0v) is 13.1. The largest absolute Gasteiger partial charge is 0.349 e. The van der Waals surface area contributed by atoms with Gasteiger partial charge in [0.15, 0.2) is 0 Å². The lowest BCUT2D eigenvalue weighted by atomic mass is 9.64. The first-order valence-corrected chi connectivity index (χ1v) is 8.12. The Morgan fingerprint density at radius 2 is 2.00 bits per heavy atom. The summed E-state index contributed by atoms with van der Waals surface area (Å²) >= 11 is 0. The minimum absolute atomic E-state index is 0.0153. The minimum atomic E-state index is -0.0153. The number of fused-ring (bicyclic) bond motifs is 2. The van der Waals surface area contributed by atoms with Crippen molar-refractivity contribution in [2.75, 3.05) is 19.6 Å². The van der Waals surface area contributed by atoms with Crippen LogP contribution in [0.2, 0.25) is 0 Å². The van der Waals surface area contributed by atoms with Crippen LogP contribution in [0.5, 0.6) is 0 Å². The van der Waals surface area contributed by atoms with Gasteiger partial charge in [-0.25, -0.2) is 0 Å². The van der Waals surface area contributed by atoms with Crippen molar-refractivity contribution in [2.24, 2.45) is 17.3 Å². The Balaban J connectivity index is 1.64. The third-order valence-corrected chi connectivity index (χ3v) is 6.52. The maximum atomic E-state index is 12.5. The van der Waals surface area contributed by atoms with Crippen LogP contribution in [0, 0.1) is 17.3 Å².